The molecule has 0 bridgehead atoms. The van der Waals surface area contributed by atoms with Gasteiger partial charge in [0.25, 0.3) is 0 Å². The number of hydrogen-bond acceptors (Lipinski definition) is 2. The van der Waals surface area contributed by atoms with E-state index in [1.807, 2.05) is 0 Å². The fraction of sp³-hybridized carbons (Fsp3) is 0.200. The van der Waals surface area contributed by atoms with Crippen molar-refractivity contribution in [3.05, 3.63) is 29.0 Å². The highest BCUT2D eigenvalue weighted by Gasteiger charge is 2.15. The summed E-state index contributed by atoms with van der Waals surface area (Å²) < 4.78 is 13.2. The lowest BCUT2D eigenvalue weighted by molar-refractivity contribution is -0.117. The van der Waals surface area contributed by atoms with Crippen LogP contribution in [0.3, 0.4) is 0 Å². The van der Waals surface area contributed by atoms with Crippen LogP contribution in [0.15, 0.2) is 18.2 Å². The Balaban J connectivity index is 2.91. The Morgan fingerprint density at radius 3 is 2.87 bits per heavy atom. The molecule has 1 atom stereocenters. The maximum Gasteiger partial charge on any atom is 0.241 e. The molecule has 0 saturated heterocycles. The molecular weight excluding hydrogens is 219 g/mol. The lowest BCUT2D eigenvalue weighted by atomic mass is 10.2. The summed E-state index contributed by atoms with van der Waals surface area (Å²) >= 11 is 5.68. The van der Waals surface area contributed by atoms with Crippen molar-refractivity contribution in [1.29, 1.82) is 5.26 Å². The number of rotatable bonds is 2. The number of anilines is 1. The Hall–Kier alpha value is -1.60. The highest BCUT2D eigenvalue weighted by atomic mass is 35.5. The molecule has 1 unspecified atom stereocenters. The van der Waals surface area contributed by atoms with Gasteiger partial charge in [-0.3, -0.25) is 4.79 Å². The summed E-state index contributed by atoms with van der Waals surface area (Å²) in [5.41, 5.74) is -0.0914. The summed E-state index contributed by atoms with van der Waals surface area (Å²) in [6, 6.07) is 5.81. The molecule has 5 heteroatoms. The average molecular weight is 227 g/mol. The van der Waals surface area contributed by atoms with Gasteiger partial charge in [0.05, 0.1) is 16.8 Å². The summed E-state index contributed by atoms with van der Waals surface area (Å²) in [4.78, 5) is 11.3. The molecule has 0 aliphatic heterocycles. The molecule has 0 aliphatic carbocycles. The van der Waals surface area contributed by atoms with Crippen molar-refractivity contribution in [3.63, 3.8) is 0 Å². The topological polar surface area (TPSA) is 52.9 Å². The van der Waals surface area contributed by atoms with Crippen LogP contribution >= 0.6 is 11.6 Å². The second-order valence-corrected chi connectivity index (χ2v) is 3.34. The number of carbonyl (C=O) groups is 1. The van der Waals surface area contributed by atoms with Crippen molar-refractivity contribution in [2.45, 2.75) is 6.92 Å². The highest BCUT2D eigenvalue weighted by molar-refractivity contribution is 6.33. The van der Waals surface area contributed by atoms with Crippen LogP contribution in [-0.4, -0.2) is 5.91 Å². The molecule has 1 rings (SSSR count). The van der Waals surface area contributed by atoms with Crippen molar-refractivity contribution in [3.8, 4) is 6.07 Å². The molecule has 1 aromatic carbocycles. The number of carbonyl (C=O) groups excluding carboxylic acids is 1. The van der Waals surface area contributed by atoms with Crippen LogP contribution in [0.25, 0.3) is 0 Å². The van der Waals surface area contributed by atoms with Crippen molar-refractivity contribution < 1.29 is 9.18 Å². The number of benzene rings is 1. The molecule has 78 valence electrons. The fourth-order valence-electron chi connectivity index (χ4n) is 0.907. The molecule has 0 aromatic heterocycles. The molecule has 0 heterocycles. The van der Waals surface area contributed by atoms with Gasteiger partial charge in [-0.25, -0.2) is 4.39 Å². The predicted octanol–water partition coefficient (Wildman–Crippen LogP) is 2.58. The zero-order valence-electron chi connectivity index (χ0n) is 7.92. The lowest BCUT2D eigenvalue weighted by Gasteiger charge is -2.08. The number of nitrogens with zero attached hydrogens (tertiary/aromatic N) is 1. The van der Waals surface area contributed by atoms with Gasteiger partial charge in [0.2, 0.25) is 5.91 Å². The van der Waals surface area contributed by atoms with Crippen molar-refractivity contribution in [2.75, 3.05) is 5.32 Å². The molecule has 1 aromatic rings. The van der Waals surface area contributed by atoms with E-state index in [4.69, 9.17) is 16.9 Å². The van der Waals surface area contributed by atoms with Gasteiger partial charge in [-0.2, -0.15) is 5.26 Å². The quantitative estimate of drug-likeness (QED) is 0.843. The van der Waals surface area contributed by atoms with Crippen LogP contribution in [0.1, 0.15) is 6.92 Å². The molecule has 0 fully saturated rings. The van der Waals surface area contributed by atoms with Crippen LogP contribution < -0.4 is 5.32 Å². The van der Waals surface area contributed by atoms with Gasteiger partial charge in [0, 0.05) is 0 Å². The Kier molecular flexibility index (Phi) is 3.64. The smallest absolute Gasteiger partial charge is 0.241 e. The second-order valence-electron chi connectivity index (χ2n) is 2.94. The van der Waals surface area contributed by atoms with E-state index >= 15 is 0 Å². The second kappa shape index (κ2) is 4.76. The summed E-state index contributed by atoms with van der Waals surface area (Å²) in [5, 5.41) is 10.9. The number of amides is 1. The third-order valence-corrected chi connectivity index (χ3v) is 2.11. The van der Waals surface area contributed by atoms with Crippen molar-refractivity contribution in [1.82, 2.24) is 0 Å². The first kappa shape index (κ1) is 11.5. The number of hydrogen-bond donors (Lipinski definition) is 1. The first-order valence-corrected chi connectivity index (χ1v) is 4.58. The van der Waals surface area contributed by atoms with Crippen molar-refractivity contribution in [2.24, 2.45) is 5.92 Å². The van der Waals surface area contributed by atoms with Crippen molar-refractivity contribution >= 4 is 23.2 Å². The molecule has 0 radical (unpaired) electrons. The third kappa shape index (κ3) is 2.67. The number of nitriles is 1. The summed E-state index contributed by atoms with van der Waals surface area (Å²) in [7, 11) is 0. The molecule has 3 nitrogen and oxygen atoms in total. The molecule has 15 heavy (non-hydrogen) atoms. The van der Waals surface area contributed by atoms with Crippen LogP contribution in [0, 0.1) is 23.1 Å². The van der Waals surface area contributed by atoms with Gasteiger partial charge >= 0.3 is 0 Å². The van der Waals surface area contributed by atoms with E-state index in [-0.39, 0.29) is 10.7 Å². The first-order valence-electron chi connectivity index (χ1n) is 4.20. The largest absolute Gasteiger partial charge is 0.321 e. The van der Waals surface area contributed by atoms with E-state index in [9.17, 15) is 9.18 Å². The standard InChI is InChI=1S/C10H8ClFN2O/c1-6(5-13)10(15)14-9-7(11)3-2-4-8(9)12/h2-4,6H,1H3,(H,14,15). The predicted molar refractivity (Wildman–Crippen MR) is 54.8 cm³/mol. The molecular formula is C10H8ClFN2O. The van der Waals surface area contributed by atoms with E-state index in [1.165, 1.54) is 25.1 Å². The Morgan fingerprint density at radius 2 is 2.33 bits per heavy atom. The normalized spacial score (nSPS) is 11.6. The summed E-state index contributed by atoms with van der Waals surface area (Å²) in [5.74, 6) is -2.05. The van der Waals surface area contributed by atoms with E-state index in [0.717, 1.165) is 0 Å². The summed E-state index contributed by atoms with van der Waals surface area (Å²) in [6.45, 7) is 1.42. The van der Waals surface area contributed by atoms with E-state index in [2.05, 4.69) is 5.32 Å². The molecule has 0 aliphatic rings. The Labute approximate surface area is 91.5 Å². The van der Waals surface area contributed by atoms with Crippen LogP contribution in [0.4, 0.5) is 10.1 Å². The zero-order valence-corrected chi connectivity index (χ0v) is 8.68. The Morgan fingerprint density at radius 1 is 1.67 bits per heavy atom. The maximum absolute atomic E-state index is 13.2. The average Bonchev–Trinajstić information content (AvgIpc) is 2.22. The van der Waals surface area contributed by atoms with E-state index in [1.54, 1.807) is 6.07 Å². The van der Waals surface area contributed by atoms with Gasteiger partial charge in [0.15, 0.2) is 0 Å². The zero-order chi connectivity index (χ0) is 11.4. The molecule has 0 spiro atoms. The minimum Gasteiger partial charge on any atom is -0.321 e. The maximum atomic E-state index is 13.2. The van der Waals surface area contributed by atoms with E-state index < -0.39 is 17.6 Å². The van der Waals surface area contributed by atoms with Gasteiger partial charge in [-0.05, 0) is 19.1 Å². The van der Waals surface area contributed by atoms with Crippen LogP contribution in [0.2, 0.25) is 5.02 Å². The SMILES string of the molecule is CC(C#N)C(=O)Nc1c(F)cccc1Cl. The molecule has 0 saturated carbocycles. The van der Waals surface area contributed by atoms with Gasteiger partial charge in [0.1, 0.15) is 11.7 Å². The highest BCUT2D eigenvalue weighted by Crippen LogP contribution is 2.24. The third-order valence-electron chi connectivity index (χ3n) is 1.80. The number of para-hydroxylation sites is 1. The first-order chi connectivity index (χ1) is 7.06. The minimum atomic E-state index is -0.847. The number of nitrogens with one attached hydrogen (secondary N) is 1. The van der Waals surface area contributed by atoms with Gasteiger partial charge in [-0.15, -0.1) is 0 Å². The number of halogens is 2. The minimum absolute atomic E-state index is 0.0914. The van der Waals surface area contributed by atoms with Gasteiger partial charge in [-0.1, -0.05) is 17.7 Å². The van der Waals surface area contributed by atoms with Gasteiger partial charge < -0.3 is 5.32 Å². The molecule has 1 N–H and O–H groups in total. The van der Waals surface area contributed by atoms with E-state index in [0.29, 0.717) is 0 Å². The lowest BCUT2D eigenvalue weighted by Crippen LogP contribution is -2.19. The Bertz CT molecular complexity index is 408. The molecule has 1 amide bonds. The van der Waals surface area contributed by atoms with Crippen LogP contribution in [-0.2, 0) is 4.79 Å². The monoisotopic (exact) mass is 226 g/mol. The fourth-order valence-corrected chi connectivity index (χ4v) is 1.12. The summed E-state index contributed by atoms with van der Waals surface area (Å²) in [6.07, 6.45) is 0. The van der Waals surface area contributed by atoms with Crippen LogP contribution in [0.5, 0.6) is 0 Å².